The molecule has 2 rings (SSSR count). The Morgan fingerprint density at radius 3 is 2.74 bits per heavy atom. The number of halogens is 2. The van der Waals surface area contributed by atoms with E-state index in [2.05, 4.69) is 10.6 Å². The minimum absolute atomic E-state index is 0.148. The summed E-state index contributed by atoms with van der Waals surface area (Å²) < 4.78 is 27.3. The number of urea groups is 1. The maximum absolute atomic E-state index is 14.0. The summed E-state index contributed by atoms with van der Waals surface area (Å²) in [6.07, 6.45) is 1.26. The van der Waals surface area contributed by atoms with Crippen LogP contribution in [-0.4, -0.2) is 31.6 Å². The molecule has 0 spiro atoms. The van der Waals surface area contributed by atoms with E-state index in [9.17, 15) is 18.4 Å². The number of anilines is 1. The fourth-order valence-electron chi connectivity index (χ4n) is 2.57. The number of rotatable bonds is 4. The number of amides is 3. The van der Waals surface area contributed by atoms with Crippen LogP contribution < -0.4 is 15.5 Å². The van der Waals surface area contributed by atoms with Crippen molar-refractivity contribution in [3.63, 3.8) is 0 Å². The lowest BCUT2D eigenvalue weighted by molar-refractivity contribution is -0.118. The maximum atomic E-state index is 14.0. The van der Waals surface area contributed by atoms with Gasteiger partial charge in [-0.3, -0.25) is 10.1 Å². The average Bonchev–Trinajstić information content (AvgIpc) is 2.44. The number of hydrogen-bond donors (Lipinski definition) is 2. The van der Waals surface area contributed by atoms with Gasteiger partial charge in [0.25, 0.3) is 0 Å². The van der Waals surface area contributed by atoms with Crippen LogP contribution in [0.2, 0.25) is 0 Å². The molecular weight excluding hydrogens is 304 g/mol. The van der Waals surface area contributed by atoms with Crippen LogP contribution in [-0.2, 0) is 11.2 Å². The van der Waals surface area contributed by atoms with Crippen LogP contribution in [0.4, 0.5) is 19.3 Å². The van der Waals surface area contributed by atoms with Gasteiger partial charge in [0.15, 0.2) is 0 Å². The molecule has 1 aromatic rings. The minimum atomic E-state index is -0.684. The lowest BCUT2D eigenvalue weighted by atomic mass is 10.0. The maximum Gasteiger partial charge on any atom is 0.321 e. The molecule has 0 aliphatic carbocycles. The quantitative estimate of drug-likeness (QED) is 0.892. The molecule has 0 bridgehead atoms. The van der Waals surface area contributed by atoms with Gasteiger partial charge in [-0.15, -0.1) is 0 Å². The third kappa shape index (κ3) is 4.64. The van der Waals surface area contributed by atoms with E-state index >= 15 is 0 Å². The molecule has 1 aliphatic rings. The molecule has 0 aromatic heterocycles. The highest BCUT2D eigenvalue weighted by molar-refractivity contribution is 5.96. The number of imide groups is 1. The highest BCUT2D eigenvalue weighted by atomic mass is 19.1. The van der Waals surface area contributed by atoms with E-state index in [0.29, 0.717) is 31.5 Å². The van der Waals surface area contributed by atoms with Gasteiger partial charge in [0.2, 0.25) is 5.91 Å². The Hall–Kier alpha value is -2.18. The van der Waals surface area contributed by atoms with Gasteiger partial charge in [0, 0.05) is 19.2 Å². The normalized spacial score (nSPS) is 13.7. The van der Waals surface area contributed by atoms with Gasteiger partial charge in [-0.1, -0.05) is 13.8 Å². The van der Waals surface area contributed by atoms with Crippen molar-refractivity contribution in [2.45, 2.75) is 26.7 Å². The largest absolute Gasteiger partial charge is 0.360 e. The van der Waals surface area contributed by atoms with Crippen LogP contribution in [0.5, 0.6) is 0 Å². The van der Waals surface area contributed by atoms with Crippen molar-refractivity contribution >= 4 is 17.6 Å². The zero-order valence-corrected chi connectivity index (χ0v) is 13.3. The first-order valence-electron chi connectivity index (χ1n) is 7.67. The van der Waals surface area contributed by atoms with Crippen molar-refractivity contribution in [1.29, 1.82) is 0 Å². The van der Waals surface area contributed by atoms with Crippen LogP contribution in [0.25, 0.3) is 0 Å². The molecule has 7 heteroatoms. The van der Waals surface area contributed by atoms with E-state index in [-0.39, 0.29) is 18.2 Å². The highest BCUT2D eigenvalue weighted by Crippen LogP contribution is 2.30. The predicted octanol–water partition coefficient (Wildman–Crippen LogP) is 2.20. The van der Waals surface area contributed by atoms with Gasteiger partial charge in [0.05, 0.1) is 12.2 Å². The Morgan fingerprint density at radius 2 is 2.04 bits per heavy atom. The van der Waals surface area contributed by atoms with E-state index in [1.165, 1.54) is 6.07 Å². The molecule has 0 radical (unpaired) electrons. The molecule has 0 unspecified atom stereocenters. The molecule has 23 heavy (non-hydrogen) atoms. The molecule has 1 aromatic carbocycles. The Morgan fingerprint density at radius 1 is 1.30 bits per heavy atom. The number of aryl methyl sites for hydroxylation is 1. The summed E-state index contributed by atoms with van der Waals surface area (Å²) in [6.45, 7) is 4.67. The summed E-state index contributed by atoms with van der Waals surface area (Å²) in [5, 5.41) is 4.79. The molecule has 2 N–H and O–H groups in total. The summed E-state index contributed by atoms with van der Waals surface area (Å²) in [5.41, 5.74) is 0.793. The van der Waals surface area contributed by atoms with Gasteiger partial charge in [-0.05, 0) is 30.4 Å². The summed E-state index contributed by atoms with van der Waals surface area (Å²) in [4.78, 5) is 25.1. The second-order valence-electron chi connectivity index (χ2n) is 6.07. The van der Waals surface area contributed by atoms with Gasteiger partial charge in [-0.25, -0.2) is 13.6 Å². The first kappa shape index (κ1) is 17.2. The first-order valence-corrected chi connectivity index (χ1v) is 7.67. The van der Waals surface area contributed by atoms with Crippen molar-refractivity contribution in [2.75, 3.05) is 24.5 Å². The predicted molar refractivity (Wildman–Crippen MR) is 83.3 cm³/mol. The van der Waals surface area contributed by atoms with E-state index in [0.717, 1.165) is 6.07 Å². The summed E-state index contributed by atoms with van der Waals surface area (Å²) in [5.74, 6) is -1.56. The molecule has 0 atom stereocenters. The molecular formula is C16H21F2N3O2. The molecule has 0 saturated heterocycles. The second-order valence-corrected chi connectivity index (χ2v) is 6.07. The number of hydrogen-bond acceptors (Lipinski definition) is 3. The number of benzene rings is 1. The summed E-state index contributed by atoms with van der Waals surface area (Å²) in [7, 11) is 0. The Bertz CT molecular complexity index is 605. The van der Waals surface area contributed by atoms with Crippen LogP contribution in [0.1, 0.15) is 25.8 Å². The van der Waals surface area contributed by atoms with Crippen molar-refractivity contribution < 1.29 is 18.4 Å². The summed E-state index contributed by atoms with van der Waals surface area (Å²) in [6, 6.07) is 1.53. The van der Waals surface area contributed by atoms with Crippen LogP contribution in [0.3, 0.4) is 0 Å². The van der Waals surface area contributed by atoms with E-state index in [4.69, 9.17) is 0 Å². The van der Waals surface area contributed by atoms with Crippen LogP contribution in [0, 0.1) is 17.6 Å². The SMILES string of the molecule is CC(C)CNC(=O)NC(=O)CN1CCCc2cc(F)cc(F)c21. The fourth-order valence-corrected chi connectivity index (χ4v) is 2.57. The highest BCUT2D eigenvalue weighted by Gasteiger charge is 2.24. The van der Waals surface area contributed by atoms with Gasteiger partial charge in [-0.2, -0.15) is 0 Å². The molecule has 0 fully saturated rings. The summed E-state index contributed by atoms with van der Waals surface area (Å²) >= 11 is 0. The smallest absolute Gasteiger partial charge is 0.321 e. The van der Waals surface area contributed by atoms with Crippen molar-refractivity contribution in [2.24, 2.45) is 5.92 Å². The Labute approximate surface area is 134 Å². The molecule has 0 saturated carbocycles. The topological polar surface area (TPSA) is 61.4 Å². The number of carbonyl (C=O) groups excluding carboxylic acids is 2. The minimum Gasteiger partial charge on any atom is -0.360 e. The van der Waals surface area contributed by atoms with Gasteiger partial charge < -0.3 is 10.2 Å². The zero-order valence-electron chi connectivity index (χ0n) is 13.3. The molecule has 1 aliphatic heterocycles. The number of fused-ring (bicyclic) bond motifs is 1. The molecule has 126 valence electrons. The third-order valence-corrected chi connectivity index (χ3v) is 3.56. The Balaban J connectivity index is 1.99. The van der Waals surface area contributed by atoms with Gasteiger partial charge >= 0.3 is 6.03 Å². The Kier molecular flexibility index (Phi) is 5.52. The molecule has 1 heterocycles. The van der Waals surface area contributed by atoms with E-state index < -0.39 is 23.6 Å². The van der Waals surface area contributed by atoms with E-state index in [1.807, 2.05) is 13.8 Å². The molecule has 5 nitrogen and oxygen atoms in total. The monoisotopic (exact) mass is 325 g/mol. The van der Waals surface area contributed by atoms with Crippen molar-refractivity contribution in [1.82, 2.24) is 10.6 Å². The van der Waals surface area contributed by atoms with Gasteiger partial charge in [0.1, 0.15) is 11.6 Å². The van der Waals surface area contributed by atoms with E-state index in [1.54, 1.807) is 4.90 Å². The third-order valence-electron chi connectivity index (χ3n) is 3.56. The molecule has 3 amide bonds. The number of nitrogens with zero attached hydrogens (tertiary/aromatic N) is 1. The number of carbonyl (C=O) groups is 2. The lowest BCUT2D eigenvalue weighted by Crippen LogP contribution is -2.46. The van der Waals surface area contributed by atoms with Crippen LogP contribution >= 0.6 is 0 Å². The average molecular weight is 325 g/mol. The van der Waals surface area contributed by atoms with Crippen molar-refractivity contribution in [3.8, 4) is 0 Å². The lowest BCUT2D eigenvalue weighted by Gasteiger charge is -2.31. The zero-order chi connectivity index (χ0) is 17.0. The van der Waals surface area contributed by atoms with Crippen LogP contribution in [0.15, 0.2) is 12.1 Å². The first-order chi connectivity index (χ1) is 10.9. The van der Waals surface area contributed by atoms with Crippen molar-refractivity contribution in [3.05, 3.63) is 29.3 Å². The number of nitrogens with one attached hydrogen (secondary N) is 2. The second kappa shape index (κ2) is 7.39. The standard InChI is InChI=1S/C16H21F2N3O2/c1-10(2)8-19-16(23)20-14(22)9-21-5-3-4-11-6-12(17)7-13(18)15(11)21/h6-7,10H,3-5,8-9H2,1-2H3,(H2,19,20,22,23). The fraction of sp³-hybridized carbons (Fsp3) is 0.500.